The SMILES string of the molecule is COc1ccc(Cl)cc1S(=O)(=O)NC(=O)NCC(F)=C1CCCc2cnn(-c3ccc4ccccc4c3)c21. The van der Waals surface area contributed by atoms with Gasteiger partial charge in [-0.25, -0.2) is 27.0 Å². The Hall–Kier alpha value is -3.89. The fourth-order valence-electron chi connectivity index (χ4n) is 4.57. The number of urea groups is 1. The molecule has 0 saturated carbocycles. The second-order valence-corrected chi connectivity index (χ2v) is 10.9. The van der Waals surface area contributed by atoms with E-state index in [1.165, 1.54) is 19.2 Å². The normalized spacial score (nSPS) is 14.6. The summed E-state index contributed by atoms with van der Waals surface area (Å²) in [5.74, 6) is -0.555. The van der Waals surface area contributed by atoms with Crippen LogP contribution in [0.4, 0.5) is 9.18 Å². The lowest BCUT2D eigenvalue weighted by Gasteiger charge is -2.19. The number of ether oxygens (including phenoxy) is 1. The Morgan fingerprint density at radius 3 is 2.68 bits per heavy atom. The number of fused-ring (bicyclic) bond motifs is 2. The van der Waals surface area contributed by atoms with Gasteiger partial charge in [-0.05, 0) is 65.9 Å². The number of carbonyl (C=O) groups excluding carboxylic acids is 1. The van der Waals surface area contributed by atoms with Crippen LogP contribution >= 0.6 is 11.6 Å². The Morgan fingerprint density at radius 2 is 1.89 bits per heavy atom. The molecule has 1 heterocycles. The van der Waals surface area contributed by atoms with Crippen molar-refractivity contribution >= 4 is 44.0 Å². The second-order valence-electron chi connectivity index (χ2n) is 8.78. The zero-order valence-electron chi connectivity index (χ0n) is 20.4. The number of sulfonamides is 1. The Balaban J connectivity index is 1.37. The molecule has 0 fully saturated rings. The van der Waals surface area contributed by atoms with Gasteiger partial charge in [-0.3, -0.25) is 0 Å². The lowest BCUT2D eigenvalue weighted by molar-refractivity contribution is 0.246. The zero-order chi connectivity index (χ0) is 26.9. The maximum absolute atomic E-state index is 15.5. The summed E-state index contributed by atoms with van der Waals surface area (Å²) in [7, 11) is -3.03. The van der Waals surface area contributed by atoms with Gasteiger partial charge in [-0.15, -0.1) is 0 Å². The maximum atomic E-state index is 15.5. The lowest BCUT2D eigenvalue weighted by Crippen LogP contribution is -2.40. The highest BCUT2D eigenvalue weighted by molar-refractivity contribution is 7.90. The van der Waals surface area contributed by atoms with Gasteiger partial charge in [0.15, 0.2) is 0 Å². The van der Waals surface area contributed by atoms with Gasteiger partial charge in [0.25, 0.3) is 10.0 Å². The Kier molecular flexibility index (Phi) is 7.09. The van der Waals surface area contributed by atoms with Crippen molar-refractivity contribution in [3.05, 3.63) is 89.0 Å². The van der Waals surface area contributed by atoms with Crippen molar-refractivity contribution in [2.45, 2.75) is 24.2 Å². The molecule has 0 unspecified atom stereocenters. The molecular formula is C27H24ClFN4O4S. The molecule has 0 aliphatic heterocycles. The molecule has 1 aromatic heterocycles. The Morgan fingerprint density at radius 1 is 1.11 bits per heavy atom. The van der Waals surface area contributed by atoms with E-state index >= 15 is 4.39 Å². The number of hydrogen-bond donors (Lipinski definition) is 2. The molecule has 38 heavy (non-hydrogen) atoms. The summed E-state index contributed by atoms with van der Waals surface area (Å²) in [6.07, 6.45) is 3.68. The van der Waals surface area contributed by atoms with Crippen molar-refractivity contribution < 1.29 is 22.3 Å². The van der Waals surface area contributed by atoms with Crippen LogP contribution < -0.4 is 14.8 Å². The van der Waals surface area contributed by atoms with Crippen molar-refractivity contribution in [3.63, 3.8) is 0 Å². The fraction of sp³-hybridized carbons (Fsp3) is 0.185. The first kappa shape index (κ1) is 25.7. The molecule has 0 spiro atoms. The molecule has 196 valence electrons. The number of hydrogen-bond acceptors (Lipinski definition) is 5. The van der Waals surface area contributed by atoms with Crippen LogP contribution in [0.15, 0.2) is 77.6 Å². The molecule has 1 aliphatic rings. The largest absolute Gasteiger partial charge is 0.495 e. The number of carbonyl (C=O) groups is 1. The number of aromatic nitrogens is 2. The number of nitrogens with zero attached hydrogens (tertiary/aromatic N) is 2. The number of benzene rings is 3. The van der Waals surface area contributed by atoms with E-state index in [-0.39, 0.29) is 15.7 Å². The van der Waals surface area contributed by atoms with E-state index in [2.05, 4.69) is 10.4 Å². The summed E-state index contributed by atoms with van der Waals surface area (Å²) in [4.78, 5) is 12.1. The molecule has 0 bridgehead atoms. The highest BCUT2D eigenvalue weighted by Gasteiger charge is 2.26. The molecule has 2 N–H and O–H groups in total. The van der Waals surface area contributed by atoms with Gasteiger partial charge in [-0.2, -0.15) is 5.10 Å². The molecule has 1 aliphatic carbocycles. The minimum atomic E-state index is -4.32. The summed E-state index contributed by atoms with van der Waals surface area (Å²) in [6.45, 7) is -0.494. The third kappa shape index (κ3) is 5.09. The van der Waals surface area contributed by atoms with Crippen LogP contribution in [0.25, 0.3) is 22.0 Å². The van der Waals surface area contributed by atoms with E-state index in [1.54, 1.807) is 10.9 Å². The molecule has 0 saturated heterocycles. The summed E-state index contributed by atoms with van der Waals surface area (Å²) >= 11 is 5.91. The number of halogens is 2. The van der Waals surface area contributed by atoms with Gasteiger partial charge in [0, 0.05) is 10.6 Å². The Bertz CT molecular complexity index is 1680. The summed E-state index contributed by atoms with van der Waals surface area (Å²) in [6, 6.07) is 16.8. The first-order chi connectivity index (χ1) is 18.3. The molecule has 0 radical (unpaired) electrons. The average Bonchev–Trinajstić information content (AvgIpc) is 3.35. The quantitative estimate of drug-likeness (QED) is 0.332. The van der Waals surface area contributed by atoms with Crippen LogP contribution in [-0.2, 0) is 16.4 Å². The number of amides is 2. The summed E-state index contributed by atoms with van der Waals surface area (Å²) < 4.78 is 49.6. The summed E-state index contributed by atoms with van der Waals surface area (Å²) in [5.41, 5.74) is 2.79. The van der Waals surface area contributed by atoms with E-state index in [9.17, 15) is 13.2 Å². The second kappa shape index (κ2) is 10.5. The predicted octanol–water partition coefficient (Wildman–Crippen LogP) is 5.39. The number of aryl methyl sites for hydroxylation is 1. The lowest BCUT2D eigenvalue weighted by atomic mass is 9.92. The van der Waals surface area contributed by atoms with Crippen LogP contribution in [0.5, 0.6) is 5.75 Å². The molecule has 11 heteroatoms. The first-order valence-electron chi connectivity index (χ1n) is 11.8. The van der Waals surface area contributed by atoms with E-state index in [0.29, 0.717) is 17.7 Å². The van der Waals surface area contributed by atoms with Crippen LogP contribution in [0.3, 0.4) is 0 Å². The van der Waals surface area contributed by atoms with Crippen LogP contribution in [0.1, 0.15) is 24.1 Å². The van der Waals surface area contributed by atoms with Gasteiger partial charge >= 0.3 is 6.03 Å². The van der Waals surface area contributed by atoms with E-state index in [4.69, 9.17) is 16.3 Å². The van der Waals surface area contributed by atoms with Crippen molar-refractivity contribution in [1.82, 2.24) is 19.8 Å². The highest BCUT2D eigenvalue weighted by Crippen LogP contribution is 2.35. The van der Waals surface area contributed by atoms with Crippen molar-refractivity contribution in [2.75, 3.05) is 13.7 Å². The number of nitrogens with one attached hydrogen (secondary N) is 2. The van der Waals surface area contributed by atoms with Crippen molar-refractivity contribution in [1.29, 1.82) is 0 Å². The number of allylic oxidation sites excluding steroid dienone is 1. The Labute approximate surface area is 224 Å². The van der Waals surface area contributed by atoms with Gasteiger partial charge in [0.2, 0.25) is 0 Å². The first-order valence-corrected chi connectivity index (χ1v) is 13.7. The topological polar surface area (TPSA) is 102 Å². The minimum Gasteiger partial charge on any atom is -0.495 e. The summed E-state index contributed by atoms with van der Waals surface area (Å²) in [5, 5.41) is 9.09. The highest BCUT2D eigenvalue weighted by atomic mass is 35.5. The van der Waals surface area contributed by atoms with Crippen molar-refractivity contribution in [3.8, 4) is 11.4 Å². The third-order valence-corrected chi connectivity index (χ3v) is 7.94. The van der Waals surface area contributed by atoms with Gasteiger partial charge in [0.1, 0.15) is 16.5 Å². The fourth-order valence-corrected chi connectivity index (χ4v) is 5.93. The molecule has 3 aromatic carbocycles. The van der Waals surface area contributed by atoms with Crippen LogP contribution in [0.2, 0.25) is 5.02 Å². The van der Waals surface area contributed by atoms with E-state index < -0.39 is 28.4 Å². The smallest absolute Gasteiger partial charge is 0.329 e. The van der Waals surface area contributed by atoms with Gasteiger partial charge in [-0.1, -0.05) is 41.9 Å². The molecular weight excluding hydrogens is 531 g/mol. The van der Waals surface area contributed by atoms with E-state index in [1.807, 2.05) is 47.2 Å². The average molecular weight is 555 g/mol. The standard InChI is InChI=1S/C27H24ClFN4O4S/c1-37-24-12-10-20(28)14-25(24)38(35,36)32-27(34)30-16-23(29)22-8-4-7-19-15-31-33(26(19)22)21-11-9-17-5-2-3-6-18(17)13-21/h2-3,5-6,9-15H,4,7-8,16H2,1H3,(H2,30,32,34). The van der Waals surface area contributed by atoms with E-state index in [0.717, 1.165) is 40.9 Å². The maximum Gasteiger partial charge on any atom is 0.329 e. The van der Waals surface area contributed by atoms with Crippen LogP contribution in [-0.4, -0.2) is 37.9 Å². The zero-order valence-corrected chi connectivity index (χ0v) is 21.9. The van der Waals surface area contributed by atoms with Gasteiger partial charge in [0.05, 0.1) is 31.2 Å². The molecule has 2 amide bonds. The molecule has 8 nitrogen and oxygen atoms in total. The van der Waals surface area contributed by atoms with Crippen molar-refractivity contribution in [2.24, 2.45) is 0 Å². The van der Waals surface area contributed by atoms with Gasteiger partial charge < -0.3 is 10.1 Å². The molecule has 5 rings (SSSR count). The third-order valence-electron chi connectivity index (χ3n) is 6.36. The molecule has 0 atom stereocenters. The number of rotatable bonds is 6. The van der Waals surface area contributed by atoms with Crippen LogP contribution in [0, 0.1) is 0 Å². The minimum absolute atomic E-state index is 0.0136. The monoisotopic (exact) mass is 554 g/mol. The predicted molar refractivity (Wildman–Crippen MR) is 144 cm³/mol. The molecule has 4 aromatic rings. The number of methoxy groups -OCH3 is 1.